The summed E-state index contributed by atoms with van der Waals surface area (Å²) < 4.78 is 43.2. The molecular weight excluding hydrogens is 293 g/mol. The zero-order valence-corrected chi connectivity index (χ0v) is 12.4. The van der Waals surface area contributed by atoms with Gasteiger partial charge in [-0.25, -0.2) is 12.8 Å². The molecule has 112 valence electrons. The molecule has 0 saturated heterocycles. The maximum atomic E-state index is 13.3. The fourth-order valence-corrected chi connectivity index (χ4v) is 3.44. The van der Waals surface area contributed by atoms with Gasteiger partial charge < -0.3 is 10.5 Å². The molecule has 0 unspecified atom stereocenters. The Kier molecular flexibility index (Phi) is 4.59. The highest BCUT2D eigenvalue weighted by Crippen LogP contribution is 2.23. The summed E-state index contributed by atoms with van der Waals surface area (Å²) in [5.74, 6) is -0.331. The van der Waals surface area contributed by atoms with Gasteiger partial charge in [0.05, 0.1) is 17.8 Å². The number of hydrogen-bond acceptors (Lipinski definition) is 4. The minimum Gasteiger partial charge on any atom is -0.497 e. The SMILES string of the molecule is COc1cccc(S(=O)(=O)Cc2cc(F)ccc2CN)c1. The highest BCUT2D eigenvalue weighted by molar-refractivity contribution is 7.90. The molecule has 6 heteroatoms. The Labute approximate surface area is 123 Å². The van der Waals surface area contributed by atoms with Crippen molar-refractivity contribution in [2.75, 3.05) is 7.11 Å². The van der Waals surface area contributed by atoms with Crippen molar-refractivity contribution in [3.63, 3.8) is 0 Å². The first kappa shape index (κ1) is 15.5. The molecule has 2 rings (SSSR count). The summed E-state index contributed by atoms with van der Waals surface area (Å²) in [4.78, 5) is 0.133. The molecule has 0 saturated carbocycles. The van der Waals surface area contributed by atoms with Gasteiger partial charge in [0.1, 0.15) is 11.6 Å². The van der Waals surface area contributed by atoms with Crippen molar-refractivity contribution in [1.29, 1.82) is 0 Å². The monoisotopic (exact) mass is 309 g/mol. The highest BCUT2D eigenvalue weighted by atomic mass is 32.2. The van der Waals surface area contributed by atoms with Crippen LogP contribution in [0.25, 0.3) is 0 Å². The quantitative estimate of drug-likeness (QED) is 0.920. The first-order valence-electron chi connectivity index (χ1n) is 6.30. The van der Waals surface area contributed by atoms with E-state index in [1.54, 1.807) is 12.1 Å². The van der Waals surface area contributed by atoms with Crippen molar-refractivity contribution >= 4 is 9.84 Å². The van der Waals surface area contributed by atoms with Crippen LogP contribution in [0.2, 0.25) is 0 Å². The minimum atomic E-state index is -3.60. The molecule has 2 aromatic carbocycles. The summed E-state index contributed by atoms with van der Waals surface area (Å²) in [5.41, 5.74) is 6.56. The summed E-state index contributed by atoms with van der Waals surface area (Å²) in [6, 6.07) is 10.2. The fourth-order valence-electron chi connectivity index (χ4n) is 2.01. The summed E-state index contributed by atoms with van der Waals surface area (Å²) >= 11 is 0. The van der Waals surface area contributed by atoms with E-state index in [4.69, 9.17) is 10.5 Å². The van der Waals surface area contributed by atoms with Gasteiger partial charge in [-0.3, -0.25) is 0 Å². The third kappa shape index (κ3) is 3.59. The molecule has 0 aliphatic carbocycles. The Morgan fingerprint density at radius 3 is 2.57 bits per heavy atom. The molecule has 21 heavy (non-hydrogen) atoms. The van der Waals surface area contributed by atoms with E-state index in [9.17, 15) is 12.8 Å². The lowest BCUT2D eigenvalue weighted by atomic mass is 10.1. The Bertz CT molecular complexity index is 744. The molecule has 0 aromatic heterocycles. The van der Waals surface area contributed by atoms with Crippen LogP contribution in [0.1, 0.15) is 11.1 Å². The number of ether oxygens (including phenoxy) is 1. The van der Waals surface area contributed by atoms with Gasteiger partial charge >= 0.3 is 0 Å². The smallest absolute Gasteiger partial charge is 0.182 e. The molecule has 4 nitrogen and oxygen atoms in total. The Balaban J connectivity index is 2.39. The van der Waals surface area contributed by atoms with E-state index in [1.165, 1.54) is 37.4 Å². The van der Waals surface area contributed by atoms with E-state index in [0.29, 0.717) is 16.9 Å². The summed E-state index contributed by atoms with van der Waals surface area (Å²) in [6.45, 7) is 0.156. The van der Waals surface area contributed by atoms with E-state index in [-0.39, 0.29) is 17.2 Å². The normalized spacial score (nSPS) is 11.4. The molecule has 2 N–H and O–H groups in total. The topological polar surface area (TPSA) is 69.4 Å². The Morgan fingerprint density at radius 2 is 1.90 bits per heavy atom. The maximum absolute atomic E-state index is 13.3. The van der Waals surface area contributed by atoms with Gasteiger partial charge in [0, 0.05) is 6.54 Å². The van der Waals surface area contributed by atoms with Crippen LogP contribution in [0.4, 0.5) is 4.39 Å². The van der Waals surface area contributed by atoms with Gasteiger partial charge in [-0.2, -0.15) is 0 Å². The number of sulfone groups is 1. The summed E-state index contributed by atoms with van der Waals surface area (Å²) in [5, 5.41) is 0. The average molecular weight is 309 g/mol. The minimum absolute atomic E-state index is 0.133. The lowest BCUT2D eigenvalue weighted by molar-refractivity contribution is 0.413. The van der Waals surface area contributed by atoms with Crippen molar-refractivity contribution < 1.29 is 17.5 Å². The standard InChI is InChI=1S/C15H16FNO3S/c1-20-14-3-2-4-15(8-14)21(18,19)10-12-7-13(16)6-5-11(12)9-17/h2-8H,9-10,17H2,1H3. The number of halogens is 1. The predicted octanol–water partition coefficient (Wildman–Crippen LogP) is 2.27. The Morgan fingerprint density at radius 1 is 1.14 bits per heavy atom. The number of methoxy groups -OCH3 is 1. The molecule has 0 aliphatic heterocycles. The van der Waals surface area contributed by atoms with Crippen LogP contribution in [0.15, 0.2) is 47.4 Å². The molecule has 0 aliphatic rings. The molecule has 0 heterocycles. The van der Waals surface area contributed by atoms with Gasteiger partial charge in [0.15, 0.2) is 9.84 Å². The molecule has 0 spiro atoms. The summed E-state index contributed by atoms with van der Waals surface area (Å²) in [6.07, 6.45) is 0. The molecule has 0 radical (unpaired) electrons. The lowest BCUT2D eigenvalue weighted by Crippen LogP contribution is -2.09. The van der Waals surface area contributed by atoms with Crippen molar-refractivity contribution in [1.82, 2.24) is 0 Å². The number of benzene rings is 2. The fraction of sp³-hybridized carbons (Fsp3) is 0.200. The van der Waals surface area contributed by atoms with Crippen molar-refractivity contribution in [2.45, 2.75) is 17.2 Å². The second-order valence-corrected chi connectivity index (χ2v) is 6.54. The van der Waals surface area contributed by atoms with E-state index in [0.717, 1.165) is 0 Å². The number of hydrogen-bond donors (Lipinski definition) is 1. The van der Waals surface area contributed by atoms with Crippen LogP contribution >= 0.6 is 0 Å². The third-order valence-corrected chi connectivity index (χ3v) is 4.80. The zero-order chi connectivity index (χ0) is 15.5. The maximum Gasteiger partial charge on any atom is 0.182 e. The molecular formula is C15H16FNO3S. The second kappa shape index (κ2) is 6.24. The van der Waals surface area contributed by atoms with E-state index < -0.39 is 15.7 Å². The van der Waals surface area contributed by atoms with Crippen LogP contribution in [0.5, 0.6) is 5.75 Å². The summed E-state index contributed by atoms with van der Waals surface area (Å²) in [7, 11) is -2.13. The van der Waals surface area contributed by atoms with Crippen molar-refractivity contribution in [2.24, 2.45) is 5.73 Å². The Hall–Kier alpha value is -1.92. The first-order valence-corrected chi connectivity index (χ1v) is 7.95. The first-order chi connectivity index (χ1) is 9.96. The van der Waals surface area contributed by atoms with Gasteiger partial charge in [0.25, 0.3) is 0 Å². The van der Waals surface area contributed by atoms with Gasteiger partial charge in [-0.15, -0.1) is 0 Å². The van der Waals surface area contributed by atoms with Crippen LogP contribution in [-0.4, -0.2) is 15.5 Å². The molecule has 0 amide bonds. The molecule has 0 atom stereocenters. The van der Waals surface area contributed by atoms with Crippen LogP contribution < -0.4 is 10.5 Å². The molecule has 2 aromatic rings. The zero-order valence-electron chi connectivity index (χ0n) is 11.5. The predicted molar refractivity (Wildman–Crippen MR) is 78.2 cm³/mol. The van der Waals surface area contributed by atoms with Gasteiger partial charge in [-0.1, -0.05) is 12.1 Å². The van der Waals surface area contributed by atoms with E-state index in [2.05, 4.69) is 0 Å². The molecule has 0 fully saturated rings. The highest BCUT2D eigenvalue weighted by Gasteiger charge is 2.18. The van der Waals surface area contributed by atoms with E-state index in [1.807, 2.05) is 0 Å². The number of rotatable bonds is 5. The van der Waals surface area contributed by atoms with Crippen molar-refractivity contribution in [3.8, 4) is 5.75 Å². The van der Waals surface area contributed by atoms with E-state index >= 15 is 0 Å². The average Bonchev–Trinajstić information content (AvgIpc) is 2.47. The van der Waals surface area contributed by atoms with Crippen LogP contribution in [0.3, 0.4) is 0 Å². The van der Waals surface area contributed by atoms with Gasteiger partial charge in [-0.05, 0) is 41.5 Å². The van der Waals surface area contributed by atoms with Crippen molar-refractivity contribution in [3.05, 3.63) is 59.4 Å². The number of nitrogens with two attached hydrogens (primary N) is 1. The second-order valence-electron chi connectivity index (χ2n) is 4.56. The van der Waals surface area contributed by atoms with Crippen LogP contribution in [0, 0.1) is 5.82 Å². The lowest BCUT2D eigenvalue weighted by Gasteiger charge is -2.10. The largest absolute Gasteiger partial charge is 0.497 e. The van der Waals surface area contributed by atoms with Gasteiger partial charge in [0.2, 0.25) is 0 Å². The third-order valence-electron chi connectivity index (χ3n) is 3.13. The molecule has 0 bridgehead atoms. The van der Waals surface area contributed by atoms with Crippen LogP contribution in [-0.2, 0) is 22.1 Å².